The van der Waals surface area contributed by atoms with Crippen LogP contribution in [0.5, 0.6) is 0 Å². The smallest absolute Gasteiger partial charge is 0.248 e. The Morgan fingerprint density at radius 1 is 1.12 bits per heavy atom. The number of fused-ring (bicyclic) bond motifs is 1. The van der Waals surface area contributed by atoms with Gasteiger partial charge in [-0.25, -0.2) is 0 Å². The molecule has 3 N–H and O–H groups in total. The lowest BCUT2D eigenvalue weighted by atomic mass is 9.81. The largest absolute Gasteiger partial charge is 0.366 e. The van der Waals surface area contributed by atoms with Crippen LogP contribution in [0.3, 0.4) is 0 Å². The summed E-state index contributed by atoms with van der Waals surface area (Å²) in [7, 11) is 0. The van der Waals surface area contributed by atoms with E-state index < -0.39 is 5.91 Å². The van der Waals surface area contributed by atoms with Crippen LogP contribution in [0.1, 0.15) is 42.5 Å². The van der Waals surface area contributed by atoms with E-state index in [0.717, 1.165) is 25.7 Å². The van der Waals surface area contributed by atoms with Gasteiger partial charge in [0.1, 0.15) is 0 Å². The minimum Gasteiger partial charge on any atom is -0.366 e. The maximum Gasteiger partial charge on any atom is 0.248 e. The quantitative estimate of drug-likeness (QED) is 0.785. The third-order valence-corrected chi connectivity index (χ3v) is 4.93. The maximum absolute atomic E-state index is 12.4. The van der Waals surface area contributed by atoms with Gasteiger partial charge in [0.05, 0.1) is 11.8 Å². The van der Waals surface area contributed by atoms with Gasteiger partial charge in [-0.05, 0) is 31.0 Å². The van der Waals surface area contributed by atoms with Crippen LogP contribution in [0.4, 0.5) is 5.69 Å². The predicted molar refractivity (Wildman–Crippen MR) is 90.4 cm³/mol. The van der Waals surface area contributed by atoms with E-state index in [1.165, 1.54) is 11.0 Å². The van der Waals surface area contributed by atoms with E-state index in [1.807, 2.05) is 0 Å². The SMILES string of the molecule is NC(=O)c1cccc(NC(=O)CCN2C(=O)[C@H]3CCCC[C@@H]3C2=O)c1. The minimum absolute atomic E-state index is 0.0255. The van der Waals surface area contributed by atoms with Crippen molar-refractivity contribution < 1.29 is 19.2 Å². The number of amides is 4. The zero-order valence-electron chi connectivity index (χ0n) is 13.9. The molecule has 7 nitrogen and oxygen atoms in total. The summed E-state index contributed by atoms with van der Waals surface area (Å²) < 4.78 is 0. The van der Waals surface area contributed by atoms with Crippen molar-refractivity contribution in [2.75, 3.05) is 11.9 Å². The summed E-state index contributed by atoms with van der Waals surface area (Å²) in [4.78, 5) is 49.2. The van der Waals surface area contributed by atoms with Crippen LogP contribution >= 0.6 is 0 Å². The van der Waals surface area contributed by atoms with Gasteiger partial charge in [0, 0.05) is 24.2 Å². The van der Waals surface area contributed by atoms with Crippen LogP contribution < -0.4 is 11.1 Å². The van der Waals surface area contributed by atoms with E-state index in [9.17, 15) is 19.2 Å². The molecule has 25 heavy (non-hydrogen) atoms. The van der Waals surface area contributed by atoms with Gasteiger partial charge in [-0.2, -0.15) is 0 Å². The first-order valence-electron chi connectivity index (χ1n) is 8.52. The number of nitrogens with two attached hydrogens (primary N) is 1. The molecule has 0 spiro atoms. The zero-order valence-corrected chi connectivity index (χ0v) is 13.9. The summed E-state index contributed by atoms with van der Waals surface area (Å²) in [6.45, 7) is 0.0893. The predicted octanol–water partition coefficient (Wildman–Crippen LogP) is 1.29. The summed E-state index contributed by atoms with van der Waals surface area (Å²) in [5, 5.41) is 2.66. The molecule has 132 valence electrons. The third-order valence-electron chi connectivity index (χ3n) is 4.93. The van der Waals surface area contributed by atoms with Crippen LogP contribution in [-0.2, 0) is 14.4 Å². The highest BCUT2D eigenvalue weighted by Crippen LogP contribution is 2.37. The average Bonchev–Trinajstić information content (AvgIpc) is 2.85. The number of benzene rings is 1. The standard InChI is InChI=1S/C18H21N3O4/c19-16(23)11-4-3-5-12(10-11)20-15(22)8-9-21-17(24)13-6-1-2-7-14(13)18(21)25/h3-5,10,13-14H,1-2,6-9H2,(H2,19,23)(H,20,22)/t13-,14-/m0/s1. The highest BCUT2D eigenvalue weighted by atomic mass is 16.2. The molecule has 1 saturated heterocycles. The monoisotopic (exact) mass is 343 g/mol. The topological polar surface area (TPSA) is 110 Å². The third kappa shape index (κ3) is 3.55. The zero-order chi connectivity index (χ0) is 18.0. The number of rotatable bonds is 5. The number of hydrogen-bond acceptors (Lipinski definition) is 4. The molecular weight excluding hydrogens is 322 g/mol. The van der Waals surface area contributed by atoms with Crippen LogP contribution in [0, 0.1) is 11.8 Å². The van der Waals surface area contributed by atoms with E-state index in [2.05, 4.69) is 5.32 Å². The Morgan fingerprint density at radius 2 is 1.76 bits per heavy atom. The molecule has 0 radical (unpaired) electrons. The molecule has 1 aromatic rings. The van der Waals surface area contributed by atoms with Gasteiger partial charge in [0.25, 0.3) is 0 Å². The van der Waals surface area contributed by atoms with E-state index in [0.29, 0.717) is 11.3 Å². The highest BCUT2D eigenvalue weighted by molar-refractivity contribution is 6.05. The van der Waals surface area contributed by atoms with Crippen molar-refractivity contribution in [3.8, 4) is 0 Å². The fourth-order valence-corrected chi connectivity index (χ4v) is 3.64. The van der Waals surface area contributed by atoms with Crippen molar-refractivity contribution in [3.05, 3.63) is 29.8 Å². The Balaban J connectivity index is 1.57. The Bertz CT molecular complexity index is 707. The maximum atomic E-state index is 12.4. The molecule has 3 rings (SSSR count). The highest BCUT2D eigenvalue weighted by Gasteiger charge is 2.47. The second-order valence-electron chi connectivity index (χ2n) is 6.57. The Morgan fingerprint density at radius 3 is 2.36 bits per heavy atom. The van der Waals surface area contributed by atoms with Gasteiger partial charge >= 0.3 is 0 Å². The summed E-state index contributed by atoms with van der Waals surface area (Å²) >= 11 is 0. The molecule has 2 atom stereocenters. The van der Waals surface area contributed by atoms with Crippen molar-refractivity contribution in [2.45, 2.75) is 32.1 Å². The van der Waals surface area contributed by atoms with E-state index in [1.54, 1.807) is 18.2 Å². The fraction of sp³-hybridized carbons (Fsp3) is 0.444. The van der Waals surface area contributed by atoms with Gasteiger partial charge in [-0.3, -0.25) is 24.1 Å². The first kappa shape index (κ1) is 17.1. The van der Waals surface area contributed by atoms with E-state index in [4.69, 9.17) is 5.73 Å². The lowest BCUT2D eigenvalue weighted by Crippen LogP contribution is -2.34. The van der Waals surface area contributed by atoms with Gasteiger partial charge in [0.2, 0.25) is 23.6 Å². The molecule has 1 heterocycles. The Labute approximate surface area is 145 Å². The van der Waals surface area contributed by atoms with Crippen LogP contribution in [0.2, 0.25) is 0 Å². The van der Waals surface area contributed by atoms with Crippen LogP contribution in [0.25, 0.3) is 0 Å². The second-order valence-corrected chi connectivity index (χ2v) is 6.57. The van der Waals surface area contributed by atoms with Crippen molar-refractivity contribution in [1.29, 1.82) is 0 Å². The molecule has 2 fully saturated rings. The normalized spacial score (nSPS) is 22.6. The molecule has 1 saturated carbocycles. The van der Waals surface area contributed by atoms with Crippen molar-refractivity contribution in [1.82, 2.24) is 4.90 Å². The lowest BCUT2D eigenvalue weighted by molar-refractivity contribution is -0.140. The van der Waals surface area contributed by atoms with Crippen molar-refractivity contribution in [3.63, 3.8) is 0 Å². The number of hydrogen-bond donors (Lipinski definition) is 2. The second kappa shape index (κ2) is 7.04. The molecule has 7 heteroatoms. The molecule has 1 aliphatic heterocycles. The number of primary amides is 1. The minimum atomic E-state index is -0.577. The first-order valence-corrected chi connectivity index (χ1v) is 8.52. The number of anilines is 1. The van der Waals surface area contributed by atoms with Gasteiger partial charge in [-0.1, -0.05) is 18.9 Å². The van der Waals surface area contributed by atoms with Crippen molar-refractivity contribution in [2.24, 2.45) is 17.6 Å². The molecular formula is C18H21N3O4. The molecule has 0 unspecified atom stereocenters. The van der Waals surface area contributed by atoms with Crippen LogP contribution in [-0.4, -0.2) is 35.1 Å². The Kier molecular flexibility index (Phi) is 4.83. The summed E-state index contributed by atoms with van der Waals surface area (Å²) in [6, 6.07) is 6.31. The number of carbonyl (C=O) groups excluding carboxylic acids is 4. The number of carbonyl (C=O) groups is 4. The molecule has 4 amide bonds. The van der Waals surface area contributed by atoms with Gasteiger partial charge in [-0.15, -0.1) is 0 Å². The summed E-state index contributed by atoms with van der Waals surface area (Å²) in [6.07, 6.45) is 3.50. The first-order chi connectivity index (χ1) is 12.0. The number of likely N-dealkylation sites (tertiary alicyclic amines) is 1. The van der Waals surface area contributed by atoms with Crippen LogP contribution in [0.15, 0.2) is 24.3 Å². The van der Waals surface area contributed by atoms with E-state index >= 15 is 0 Å². The molecule has 1 aliphatic carbocycles. The summed E-state index contributed by atoms with van der Waals surface area (Å²) in [5.74, 6) is -1.58. The van der Waals surface area contributed by atoms with Gasteiger partial charge < -0.3 is 11.1 Å². The fourth-order valence-electron chi connectivity index (χ4n) is 3.64. The summed E-state index contributed by atoms with van der Waals surface area (Å²) in [5.41, 5.74) is 5.96. The lowest BCUT2D eigenvalue weighted by Gasteiger charge is -2.19. The number of nitrogens with one attached hydrogen (secondary N) is 1. The average molecular weight is 343 g/mol. The molecule has 0 aromatic heterocycles. The molecule has 2 aliphatic rings. The van der Waals surface area contributed by atoms with Gasteiger partial charge in [0.15, 0.2) is 0 Å². The number of nitrogens with zero attached hydrogens (tertiary/aromatic N) is 1. The Hall–Kier alpha value is -2.70. The molecule has 0 bridgehead atoms. The molecule has 1 aromatic carbocycles. The van der Waals surface area contributed by atoms with Crippen molar-refractivity contribution >= 4 is 29.3 Å². The number of imide groups is 1. The van der Waals surface area contributed by atoms with E-state index in [-0.39, 0.29) is 42.5 Å².